The van der Waals surface area contributed by atoms with Crippen molar-refractivity contribution >= 4 is 62.7 Å². The van der Waals surface area contributed by atoms with Gasteiger partial charge in [0.1, 0.15) is 28.5 Å². The number of para-hydroxylation sites is 1. The Morgan fingerprint density at radius 3 is 2.21 bits per heavy atom. The molecular weight excluding hydrogens is 725 g/mol. The van der Waals surface area contributed by atoms with E-state index in [9.17, 15) is 33.0 Å². The van der Waals surface area contributed by atoms with Crippen molar-refractivity contribution in [2.45, 2.75) is 79.8 Å². The molecule has 2 atom stereocenters. The average molecular weight is 773 g/mol. The smallest absolute Gasteiger partial charge is 0.327 e. The highest BCUT2D eigenvalue weighted by molar-refractivity contribution is 7.98. The largest absolute Gasteiger partial charge is 0.508 e. The molecule has 52 heavy (non-hydrogen) atoms. The maximum Gasteiger partial charge on any atom is 0.327 e. The van der Waals surface area contributed by atoms with Gasteiger partial charge < -0.3 is 30.5 Å². The molecule has 0 radical (unpaired) electrons. The number of thioether (sulfide) groups is 2. The van der Waals surface area contributed by atoms with Crippen LogP contribution in [0.5, 0.6) is 11.5 Å². The minimum absolute atomic E-state index is 0.0225. The van der Waals surface area contributed by atoms with Gasteiger partial charge in [-0.05, 0) is 61.2 Å². The van der Waals surface area contributed by atoms with Crippen LogP contribution in [0.4, 0.5) is 11.4 Å². The molecule has 1 aliphatic rings. The highest BCUT2D eigenvalue weighted by atomic mass is 32.2. The molecule has 15 heteroatoms. The summed E-state index contributed by atoms with van der Waals surface area (Å²) in [5, 5.41) is 24.5. The number of anilines is 2. The fourth-order valence-electron chi connectivity index (χ4n) is 6.15. The van der Waals surface area contributed by atoms with Crippen LogP contribution < -0.4 is 25.0 Å². The van der Waals surface area contributed by atoms with Gasteiger partial charge in [-0.15, -0.1) is 11.8 Å². The second-order valence-corrected chi connectivity index (χ2v) is 16.1. The summed E-state index contributed by atoms with van der Waals surface area (Å²) in [6.07, 6.45) is 8.40. The van der Waals surface area contributed by atoms with E-state index in [1.54, 1.807) is 12.3 Å². The first kappa shape index (κ1) is 40.8. The SMILES string of the molecule is CCCCC1(CCCC)CN(c2ccccc2)c2cc(SC)c(OCC(=O)N[C@@H](C(=O)N[C@@H](CSC)C(=O)O)c3ccc(O)cc3)cc2S(=O)(=O)N1. The number of rotatable bonds is 18. The number of sulfonamides is 1. The second-order valence-electron chi connectivity index (χ2n) is 12.7. The second kappa shape index (κ2) is 18.7. The highest BCUT2D eigenvalue weighted by Crippen LogP contribution is 2.44. The molecule has 3 aromatic carbocycles. The number of unbranched alkanes of at least 4 members (excludes halogenated alkanes) is 2. The van der Waals surface area contributed by atoms with Crippen molar-refractivity contribution in [1.29, 1.82) is 0 Å². The van der Waals surface area contributed by atoms with Crippen molar-refractivity contribution < 1.29 is 37.8 Å². The van der Waals surface area contributed by atoms with Gasteiger partial charge in [0.15, 0.2) is 6.61 Å². The quantitative estimate of drug-likeness (QED) is 0.0985. The zero-order valence-electron chi connectivity index (χ0n) is 29.9. The van der Waals surface area contributed by atoms with E-state index in [-0.39, 0.29) is 22.1 Å². The molecule has 0 bridgehead atoms. The Morgan fingerprint density at radius 1 is 0.981 bits per heavy atom. The van der Waals surface area contributed by atoms with Crippen molar-refractivity contribution in [2.75, 3.05) is 36.3 Å². The van der Waals surface area contributed by atoms with Gasteiger partial charge in [0.05, 0.1) is 16.1 Å². The number of phenolic OH excluding ortho intramolecular Hbond substituents is 1. The summed E-state index contributed by atoms with van der Waals surface area (Å²) in [6, 6.07) is 16.0. The summed E-state index contributed by atoms with van der Waals surface area (Å²) >= 11 is 2.58. The Bertz CT molecular complexity index is 1780. The van der Waals surface area contributed by atoms with E-state index in [0.717, 1.165) is 31.4 Å². The zero-order chi connectivity index (χ0) is 37.9. The minimum atomic E-state index is -4.07. The standard InChI is InChI=1S/C37H48N4O8S3/c1-5-7-18-37(19-8-6-2)24-41(26-12-10-9-11-13-26)29-20-31(51-4)30(21-32(29)52(47,48)40-37)49-22-33(43)39-34(25-14-16-27(42)17-15-25)35(44)38-28(23-50-3)36(45)46/h9-17,20-21,28,34,40,42H,5-8,18-19,22-24H2,1-4H3,(H,38,44)(H,39,43)(H,45,46)/t28-,34+/m0/s1. The van der Waals surface area contributed by atoms with E-state index in [2.05, 4.69) is 34.1 Å². The van der Waals surface area contributed by atoms with Crippen molar-refractivity contribution in [2.24, 2.45) is 0 Å². The number of fused-ring (bicyclic) bond motifs is 1. The van der Waals surface area contributed by atoms with Crippen molar-refractivity contribution in [1.82, 2.24) is 15.4 Å². The lowest BCUT2D eigenvalue weighted by Gasteiger charge is -2.37. The molecule has 2 amide bonds. The molecule has 0 saturated heterocycles. The number of hydrogen-bond acceptors (Lipinski definition) is 10. The van der Waals surface area contributed by atoms with E-state index in [1.165, 1.54) is 53.9 Å². The lowest BCUT2D eigenvalue weighted by atomic mass is 9.87. The third-order valence-electron chi connectivity index (χ3n) is 8.82. The number of amides is 2. The van der Waals surface area contributed by atoms with Crippen LogP contribution in [0.3, 0.4) is 0 Å². The number of nitrogens with zero attached hydrogens (tertiary/aromatic N) is 1. The third-order valence-corrected chi connectivity index (χ3v) is 11.9. The van der Waals surface area contributed by atoms with Gasteiger partial charge in [0.25, 0.3) is 5.91 Å². The van der Waals surface area contributed by atoms with Crippen molar-refractivity contribution in [3.8, 4) is 11.5 Å². The van der Waals surface area contributed by atoms with Crippen LogP contribution in [0.25, 0.3) is 0 Å². The van der Waals surface area contributed by atoms with Crippen LogP contribution in [-0.4, -0.2) is 79.4 Å². The normalized spacial score (nSPS) is 15.8. The molecule has 1 heterocycles. The molecule has 0 fully saturated rings. The lowest BCUT2D eigenvalue weighted by molar-refractivity contribution is -0.141. The van der Waals surface area contributed by atoms with E-state index < -0.39 is 52.0 Å². The predicted molar refractivity (Wildman–Crippen MR) is 206 cm³/mol. The van der Waals surface area contributed by atoms with Gasteiger partial charge >= 0.3 is 5.97 Å². The number of nitrogens with one attached hydrogen (secondary N) is 3. The Hall–Kier alpha value is -3.92. The summed E-state index contributed by atoms with van der Waals surface area (Å²) in [5.41, 5.74) is 0.928. The topological polar surface area (TPSA) is 174 Å². The number of phenols is 1. The monoisotopic (exact) mass is 772 g/mol. The molecule has 4 rings (SSSR count). The van der Waals surface area contributed by atoms with Crippen LogP contribution >= 0.6 is 23.5 Å². The van der Waals surface area contributed by atoms with Crippen LogP contribution in [0, 0.1) is 0 Å². The van der Waals surface area contributed by atoms with Gasteiger partial charge in [0, 0.05) is 24.1 Å². The van der Waals surface area contributed by atoms with E-state index in [1.807, 2.05) is 36.6 Å². The molecule has 0 aliphatic carbocycles. The number of hydrogen-bond donors (Lipinski definition) is 5. The number of aromatic hydroxyl groups is 1. The summed E-state index contributed by atoms with van der Waals surface area (Å²) < 4.78 is 37.7. The molecule has 12 nitrogen and oxygen atoms in total. The highest BCUT2D eigenvalue weighted by Gasteiger charge is 2.42. The molecular formula is C37H48N4O8S3. The van der Waals surface area contributed by atoms with Gasteiger partial charge in [0.2, 0.25) is 15.9 Å². The maximum absolute atomic E-state index is 14.3. The molecule has 0 aromatic heterocycles. The number of ether oxygens (including phenoxy) is 1. The molecule has 282 valence electrons. The van der Waals surface area contributed by atoms with Gasteiger partial charge in [-0.1, -0.05) is 69.9 Å². The fraction of sp³-hybridized carbons (Fsp3) is 0.432. The summed E-state index contributed by atoms with van der Waals surface area (Å²) in [6.45, 7) is 4.03. The summed E-state index contributed by atoms with van der Waals surface area (Å²) in [5.74, 6) is -2.48. The van der Waals surface area contributed by atoms with E-state index in [4.69, 9.17) is 4.74 Å². The lowest BCUT2D eigenvalue weighted by Crippen LogP contribution is -2.53. The zero-order valence-corrected chi connectivity index (χ0v) is 32.3. The Morgan fingerprint density at radius 2 is 1.63 bits per heavy atom. The first-order valence-electron chi connectivity index (χ1n) is 17.2. The fourth-order valence-corrected chi connectivity index (χ4v) is 8.92. The Kier molecular flexibility index (Phi) is 14.7. The first-order chi connectivity index (χ1) is 24.9. The number of carbonyl (C=O) groups is 3. The van der Waals surface area contributed by atoms with E-state index in [0.29, 0.717) is 35.5 Å². The van der Waals surface area contributed by atoms with Crippen molar-refractivity contribution in [3.05, 3.63) is 72.3 Å². The van der Waals surface area contributed by atoms with Crippen LogP contribution in [0.1, 0.15) is 64.0 Å². The number of aliphatic carboxylic acids is 1. The van der Waals surface area contributed by atoms with Crippen LogP contribution in [-0.2, 0) is 24.4 Å². The molecule has 0 saturated carbocycles. The Labute approximate surface area is 314 Å². The van der Waals surface area contributed by atoms with Gasteiger partial charge in [-0.2, -0.15) is 11.8 Å². The van der Waals surface area contributed by atoms with E-state index >= 15 is 0 Å². The number of carboxylic acid groups (broad SMARTS) is 1. The molecule has 5 N–H and O–H groups in total. The molecule has 1 aliphatic heterocycles. The number of carboxylic acids is 1. The van der Waals surface area contributed by atoms with Crippen LogP contribution in [0.15, 0.2) is 76.5 Å². The maximum atomic E-state index is 14.3. The first-order valence-corrected chi connectivity index (χ1v) is 21.3. The molecule has 0 spiro atoms. The average Bonchev–Trinajstić information content (AvgIpc) is 3.22. The summed E-state index contributed by atoms with van der Waals surface area (Å²) in [4.78, 5) is 41.1. The predicted octanol–water partition coefficient (Wildman–Crippen LogP) is 5.83. The van der Waals surface area contributed by atoms with Crippen molar-refractivity contribution in [3.63, 3.8) is 0 Å². The molecule has 3 aromatic rings. The third kappa shape index (κ3) is 10.4. The molecule has 0 unspecified atom stereocenters. The summed E-state index contributed by atoms with van der Waals surface area (Å²) in [7, 11) is -4.07. The number of carbonyl (C=O) groups excluding carboxylic acids is 2. The van der Waals surface area contributed by atoms with Crippen LogP contribution in [0.2, 0.25) is 0 Å². The minimum Gasteiger partial charge on any atom is -0.508 e. The Balaban J connectivity index is 1.68. The van der Waals surface area contributed by atoms with Gasteiger partial charge in [-0.25, -0.2) is 17.9 Å². The number of benzene rings is 3. The van der Waals surface area contributed by atoms with Gasteiger partial charge in [-0.3, -0.25) is 9.59 Å².